The van der Waals surface area contributed by atoms with Gasteiger partial charge in [0.25, 0.3) is 0 Å². The van der Waals surface area contributed by atoms with E-state index in [0.29, 0.717) is 11.5 Å². The molecule has 0 amide bonds. The summed E-state index contributed by atoms with van der Waals surface area (Å²) in [5, 5.41) is 8.29. The lowest BCUT2D eigenvalue weighted by atomic mass is 10.0. The van der Waals surface area contributed by atoms with E-state index in [2.05, 4.69) is 20.2 Å². The molecule has 5 aromatic rings. The Bertz CT molecular complexity index is 1560. The summed E-state index contributed by atoms with van der Waals surface area (Å²) < 4.78 is 56.7. The number of ketones is 1. The number of rotatable bonds is 5. The van der Waals surface area contributed by atoms with Crippen molar-refractivity contribution in [3.63, 3.8) is 0 Å². The number of carbonyl (C=O) groups excluding carboxylic acids is 1. The molecule has 0 fully saturated rings. The van der Waals surface area contributed by atoms with Crippen molar-refractivity contribution in [1.29, 1.82) is 0 Å². The van der Waals surface area contributed by atoms with E-state index < -0.39 is 23.5 Å². The molecule has 11 heteroatoms. The summed E-state index contributed by atoms with van der Waals surface area (Å²) in [6.45, 7) is 0. The van der Waals surface area contributed by atoms with Crippen LogP contribution in [0.5, 0.6) is 0 Å². The van der Waals surface area contributed by atoms with Gasteiger partial charge >= 0.3 is 6.18 Å². The highest BCUT2D eigenvalue weighted by atomic mass is 19.4. The van der Waals surface area contributed by atoms with Gasteiger partial charge in [0.15, 0.2) is 17.3 Å². The summed E-state index contributed by atoms with van der Waals surface area (Å²) in [7, 11) is 1.48. The number of hydrogen-bond acceptors (Lipinski definition) is 5. The molecule has 0 atom stereocenters. The molecule has 0 saturated heterocycles. The summed E-state index contributed by atoms with van der Waals surface area (Å²) in [6, 6.07) is 14.0. The largest absolute Gasteiger partial charge is 0.433 e. The smallest absolute Gasteiger partial charge is 0.292 e. The summed E-state index contributed by atoms with van der Waals surface area (Å²) in [4.78, 5) is 21.2. The van der Waals surface area contributed by atoms with Gasteiger partial charge in [0.2, 0.25) is 0 Å². The lowest BCUT2D eigenvalue weighted by Gasteiger charge is -2.09. The molecule has 0 aliphatic heterocycles. The Hall–Kier alpha value is -4.41. The highest BCUT2D eigenvalue weighted by molar-refractivity contribution is 6.01. The van der Waals surface area contributed by atoms with Crippen molar-refractivity contribution in [2.24, 2.45) is 7.05 Å². The maximum atomic E-state index is 14.8. The highest BCUT2D eigenvalue weighted by Crippen LogP contribution is 2.31. The quantitative estimate of drug-likeness (QED) is 0.267. The SMILES string of the molecule is Cn1ncc(-c2cccc(C(F)(F)F)n2)c1C(=O)Cc1cc2nc(-c3ccccc3)nn2cc1F. The zero-order chi connectivity index (χ0) is 24.7. The molecule has 0 spiro atoms. The zero-order valence-corrected chi connectivity index (χ0v) is 18.2. The number of carbonyl (C=O) groups is 1. The molecule has 176 valence electrons. The normalized spacial score (nSPS) is 11.8. The van der Waals surface area contributed by atoms with Crippen LogP contribution in [0.25, 0.3) is 28.3 Å². The number of halogens is 4. The third kappa shape index (κ3) is 4.27. The van der Waals surface area contributed by atoms with Crippen LogP contribution in [-0.4, -0.2) is 35.1 Å². The maximum absolute atomic E-state index is 14.8. The number of benzene rings is 1. The van der Waals surface area contributed by atoms with Crippen LogP contribution in [0.3, 0.4) is 0 Å². The first-order chi connectivity index (χ1) is 16.7. The van der Waals surface area contributed by atoms with Gasteiger partial charge in [0, 0.05) is 30.2 Å². The van der Waals surface area contributed by atoms with Crippen molar-refractivity contribution in [1.82, 2.24) is 29.4 Å². The average Bonchev–Trinajstić information content (AvgIpc) is 3.42. The van der Waals surface area contributed by atoms with E-state index in [-0.39, 0.29) is 28.9 Å². The van der Waals surface area contributed by atoms with Gasteiger partial charge in [-0.3, -0.25) is 9.48 Å². The molecule has 7 nitrogen and oxygen atoms in total. The first-order valence-electron chi connectivity index (χ1n) is 10.4. The Morgan fingerprint density at radius 3 is 2.54 bits per heavy atom. The molecular formula is C24H16F4N6O. The maximum Gasteiger partial charge on any atom is 0.433 e. The van der Waals surface area contributed by atoms with Crippen LogP contribution in [0.15, 0.2) is 67.0 Å². The van der Waals surface area contributed by atoms with Gasteiger partial charge in [-0.15, -0.1) is 5.10 Å². The Balaban J connectivity index is 1.48. The fourth-order valence-electron chi connectivity index (χ4n) is 3.74. The Kier molecular flexibility index (Phi) is 5.39. The number of Topliss-reactive ketones (excluding diaryl/α,β-unsaturated/α-hetero) is 1. The standard InChI is InChI=1S/C24H16F4N6O/c1-33-22(16(12-29-33)18-8-5-9-20(30-18)24(26,27)28)19(35)10-15-11-21-31-23(14-6-3-2-4-7-14)32-34(21)13-17(15)25/h2-9,11-13H,10H2,1H3. The second kappa shape index (κ2) is 8.42. The van der Waals surface area contributed by atoms with Crippen molar-refractivity contribution in [2.75, 3.05) is 0 Å². The summed E-state index contributed by atoms with van der Waals surface area (Å²) in [5.74, 6) is -0.806. The summed E-state index contributed by atoms with van der Waals surface area (Å²) in [5.41, 5.74) is 0.159. The minimum atomic E-state index is -4.64. The summed E-state index contributed by atoms with van der Waals surface area (Å²) in [6.07, 6.45) is -2.60. The van der Waals surface area contributed by atoms with Crippen LogP contribution in [0.1, 0.15) is 21.7 Å². The number of fused-ring (bicyclic) bond motifs is 1. The molecule has 0 aliphatic carbocycles. The van der Waals surface area contributed by atoms with Crippen molar-refractivity contribution in [2.45, 2.75) is 12.6 Å². The van der Waals surface area contributed by atoms with Gasteiger partial charge in [-0.1, -0.05) is 36.4 Å². The monoisotopic (exact) mass is 480 g/mol. The van der Waals surface area contributed by atoms with Crippen LogP contribution < -0.4 is 0 Å². The molecule has 1 aromatic carbocycles. The van der Waals surface area contributed by atoms with Gasteiger partial charge in [-0.25, -0.2) is 18.9 Å². The molecule has 0 aliphatic rings. The van der Waals surface area contributed by atoms with E-state index in [9.17, 15) is 22.4 Å². The van der Waals surface area contributed by atoms with Crippen LogP contribution in [0, 0.1) is 5.82 Å². The highest BCUT2D eigenvalue weighted by Gasteiger charge is 2.33. The Labute approximate surface area is 195 Å². The predicted octanol–water partition coefficient (Wildman–Crippen LogP) is 4.78. The van der Waals surface area contributed by atoms with Crippen molar-refractivity contribution >= 4 is 11.4 Å². The van der Waals surface area contributed by atoms with Crippen LogP contribution in [-0.2, 0) is 19.6 Å². The van der Waals surface area contributed by atoms with Crippen molar-refractivity contribution in [3.8, 4) is 22.6 Å². The van der Waals surface area contributed by atoms with E-state index in [1.54, 1.807) is 0 Å². The molecule has 0 bridgehead atoms. The number of aryl methyl sites for hydroxylation is 1. The molecule has 0 saturated carbocycles. The molecule has 4 heterocycles. The molecule has 35 heavy (non-hydrogen) atoms. The lowest BCUT2D eigenvalue weighted by Crippen LogP contribution is -2.13. The van der Waals surface area contributed by atoms with E-state index in [1.807, 2.05) is 30.3 Å². The molecular weight excluding hydrogens is 464 g/mol. The number of hydrogen-bond donors (Lipinski definition) is 0. The third-order valence-electron chi connectivity index (χ3n) is 5.40. The second-order valence-corrected chi connectivity index (χ2v) is 7.79. The number of pyridine rings is 2. The number of aromatic nitrogens is 6. The molecule has 0 unspecified atom stereocenters. The average molecular weight is 480 g/mol. The van der Waals surface area contributed by atoms with Gasteiger partial charge in [-0.05, 0) is 18.2 Å². The fourth-order valence-corrected chi connectivity index (χ4v) is 3.74. The van der Waals surface area contributed by atoms with E-state index in [0.717, 1.165) is 17.8 Å². The van der Waals surface area contributed by atoms with Crippen LogP contribution in [0.4, 0.5) is 17.6 Å². The molecule has 4 aromatic heterocycles. The second-order valence-electron chi connectivity index (χ2n) is 7.79. The minimum Gasteiger partial charge on any atom is -0.292 e. The first-order valence-corrected chi connectivity index (χ1v) is 10.4. The fraction of sp³-hybridized carbons (Fsp3) is 0.125. The van der Waals surface area contributed by atoms with Crippen molar-refractivity contribution < 1.29 is 22.4 Å². The predicted molar refractivity (Wildman–Crippen MR) is 118 cm³/mol. The molecule has 0 N–H and O–H groups in total. The van der Waals surface area contributed by atoms with E-state index in [1.165, 1.54) is 40.6 Å². The van der Waals surface area contributed by atoms with Crippen LogP contribution in [0.2, 0.25) is 0 Å². The third-order valence-corrected chi connectivity index (χ3v) is 5.40. The molecule has 0 radical (unpaired) electrons. The topological polar surface area (TPSA) is 78.0 Å². The zero-order valence-electron chi connectivity index (χ0n) is 18.2. The van der Waals surface area contributed by atoms with E-state index in [4.69, 9.17) is 0 Å². The lowest BCUT2D eigenvalue weighted by molar-refractivity contribution is -0.141. The van der Waals surface area contributed by atoms with Crippen LogP contribution >= 0.6 is 0 Å². The molecule has 5 rings (SSSR count). The van der Waals surface area contributed by atoms with E-state index >= 15 is 0 Å². The van der Waals surface area contributed by atoms with Crippen molar-refractivity contribution in [3.05, 3.63) is 89.8 Å². The van der Waals surface area contributed by atoms with Gasteiger partial charge in [0.1, 0.15) is 17.2 Å². The van der Waals surface area contributed by atoms with Gasteiger partial charge in [-0.2, -0.15) is 18.3 Å². The minimum absolute atomic E-state index is 0.0162. The summed E-state index contributed by atoms with van der Waals surface area (Å²) >= 11 is 0. The first kappa shape index (κ1) is 22.4. The Morgan fingerprint density at radius 2 is 1.80 bits per heavy atom. The number of alkyl halides is 3. The number of nitrogens with zero attached hydrogens (tertiary/aromatic N) is 6. The van der Waals surface area contributed by atoms with Gasteiger partial charge < -0.3 is 0 Å². The Morgan fingerprint density at radius 1 is 1.03 bits per heavy atom. The van der Waals surface area contributed by atoms with Gasteiger partial charge in [0.05, 0.1) is 18.1 Å².